The first-order valence-electron chi connectivity index (χ1n) is 10.2. The number of rotatable bonds is 5. The first-order valence-corrected chi connectivity index (χ1v) is 12.0. The number of amides is 1. The zero-order valence-corrected chi connectivity index (χ0v) is 18.2. The van der Waals surface area contributed by atoms with Gasteiger partial charge in [0.1, 0.15) is 11.6 Å². The number of fused-ring (bicyclic) bond motifs is 2. The van der Waals surface area contributed by atoms with Gasteiger partial charge in [0.2, 0.25) is 0 Å². The molecule has 0 aliphatic carbocycles. The van der Waals surface area contributed by atoms with Crippen LogP contribution in [-0.4, -0.2) is 30.7 Å². The number of benzene rings is 3. The third-order valence-corrected chi connectivity index (χ3v) is 6.92. The Bertz CT molecular complexity index is 1460. The minimum atomic E-state index is -3.26. The van der Waals surface area contributed by atoms with E-state index in [0.29, 0.717) is 22.8 Å². The molecular weight excluding hydrogens is 426 g/mol. The second-order valence-corrected chi connectivity index (χ2v) is 9.91. The molecule has 1 N–H and O–H groups in total. The van der Waals surface area contributed by atoms with Crippen LogP contribution in [0.2, 0.25) is 0 Å². The van der Waals surface area contributed by atoms with Gasteiger partial charge in [0.05, 0.1) is 22.9 Å². The molecular formula is C24H21N3O4S. The fourth-order valence-electron chi connectivity index (χ4n) is 3.92. The Morgan fingerprint density at radius 3 is 2.59 bits per heavy atom. The van der Waals surface area contributed by atoms with E-state index in [4.69, 9.17) is 4.74 Å². The molecule has 4 aromatic rings. The Kier molecular flexibility index (Phi) is 4.94. The lowest BCUT2D eigenvalue weighted by Gasteiger charge is -2.13. The Balaban J connectivity index is 1.40. The van der Waals surface area contributed by atoms with E-state index in [0.717, 1.165) is 22.0 Å². The summed E-state index contributed by atoms with van der Waals surface area (Å²) in [6.07, 6.45) is 0. The fourth-order valence-corrected chi connectivity index (χ4v) is 5.41. The van der Waals surface area contributed by atoms with E-state index in [1.807, 2.05) is 73.7 Å². The molecule has 0 atom stereocenters. The Labute approximate surface area is 185 Å². The van der Waals surface area contributed by atoms with Crippen molar-refractivity contribution in [3.63, 3.8) is 0 Å². The number of aryl methyl sites for hydroxylation is 1. The quantitative estimate of drug-likeness (QED) is 0.503. The largest absolute Gasteiger partial charge is 0.484 e. The highest BCUT2D eigenvalue weighted by atomic mass is 32.2. The second kappa shape index (κ2) is 7.80. The van der Waals surface area contributed by atoms with Crippen LogP contribution < -0.4 is 10.1 Å². The molecule has 1 aliphatic heterocycles. The normalized spacial score (nSPS) is 14.3. The van der Waals surface area contributed by atoms with E-state index in [1.165, 1.54) is 0 Å². The molecule has 1 aromatic heterocycles. The average Bonchev–Trinajstić information content (AvgIpc) is 3.24. The smallest absolute Gasteiger partial charge is 0.263 e. The van der Waals surface area contributed by atoms with Gasteiger partial charge in [0, 0.05) is 5.56 Å². The van der Waals surface area contributed by atoms with Gasteiger partial charge in [-0.2, -0.15) is 5.10 Å². The summed E-state index contributed by atoms with van der Waals surface area (Å²) in [5.41, 5.74) is 2.75. The van der Waals surface area contributed by atoms with E-state index in [1.54, 1.807) is 4.68 Å². The average molecular weight is 448 g/mol. The molecule has 162 valence electrons. The van der Waals surface area contributed by atoms with Crippen LogP contribution in [0.15, 0.2) is 66.7 Å². The SMILES string of the molecule is Cc1ccccc1-n1nc2c(c1NC(=O)COc1ccc3ccccc3c1)CS(=O)(=O)C2. The number of para-hydroxylation sites is 1. The minimum Gasteiger partial charge on any atom is -0.484 e. The molecule has 3 aromatic carbocycles. The molecule has 1 aliphatic rings. The summed E-state index contributed by atoms with van der Waals surface area (Å²) >= 11 is 0. The topological polar surface area (TPSA) is 90.3 Å². The van der Waals surface area contributed by atoms with Gasteiger partial charge in [-0.25, -0.2) is 13.1 Å². The highest BCUT2D eigenvalue weighted by molar-refractivity contribution is 7.90. The third kappa shape index (κ3) is 3.85. The van der Waals surface area contributed by atoms with Crippen LogP contribution in [0.3, 0.4) is 0 Å². The van der Waals surface area contributed by atoms with Gasteiger partial charge in [-0.3, -0.25) is 4.79 Å². The maximum atomic E-state index is 12.8. The van der Waals surface area contributed by atoms with Gasteiger partial charge in [-0.05, 0) is 41.5 Å². The molecule has 32 heavy (non-hydrogen) atoms. The first kappa shape index (κ1) is 20.3. The maximum absolute atomic E-state index is 12.8. The van der Waals surface area contributed by atoms with E-state index in [-0.39, 0.29) is 24.0 Å². The van der Waals surface area contributed by atoms with Crippen LogP contribution in [0.5, 0.6) is 5.75 Å². The molecule has 0 fully saturated rings. The van der Waals surface area contributed by atoms with Crippen LogP contribution in [0, 0.1) is 6.92 Å². The summed E-state index contributed by atoms with van der Waals surface area (Å²) in [7, 11) is -3.26. The number of carbonyl (C=O) groups is 1. The summed E-state index contributed by atoms with van der Waals surface area (Å²) in [6, 6.07) is 21.1. The molecule has 5 rings (SSSR count). The molecule has 0 saturated carbocycles. The summed E-state index contributed by atoms with van der Waals surface area (Å²) in [6.45, 7) is 1.73. The molecule has 1 amide bonds. The van der Waals surface area contributed by atoms with Crippen molar-refractivity contribution in [3.05, 3.63) is 83.6 Å². The van der Waals surface area contributed by atoms with Gasteiger partial charge >= 0.3 is 0 Å². The molecule has 0 unspecified atom stereocenters. The van der Waals surface area contributed by atoms with Crippen LogP contribution in [-0.2, 0) is 26.1 Å². The number of sulfone groups is 1. The van der Waals surface area contributed by atoms with Crippen LogP contribution in [0.25, 0.3) is 16.5 Å². The maximum Gasteiger partial charge on any atom is 0.263 e. The molecule has 0 radical (unpaired) electrons. The van der Waals surface area contributed by atoms with Crippen molar-refractivity contribution in [1.82, 2.24) is 9.78 Å². The zero-order chi connectivity index (χ0) is 22.3. The van der Waals surface area contributed by atoms with Crippen LogP contribution >= 0.6 is 0 Å². The summed E-state index contributed by atoms with van der Waals surface area (Å²) in [5, 5.41) is 9.44. The number of hydrogen-bond donors (Lipinski definition) is 1. The predicted octanol–water partition coefficient (Wildman–Crippen LogP) is 3.78. The summed E-state index contributed by atoms with van der Waals surface area (Å²) < 4.78 is 31.6. The van der Waals surface area contributed by atoms with Gasteiger partial charge in [-0.1, -0.05) is 48.5 Å². The van der Waals surface area contributed by atoms with E-state index < -0.39 is 9.84 Å². The molecule has 2 heterocycles. The molecule has 0 spiro atoms. The lowest BCUT2D eigenvalue weighted by Crippen LogP contribution is -2.23. The Hall–Kier alpha value is -3.65. The summed E-state index contributed by atoms with van der Waals surface area (Å²) in [5.74, 6) is 0.300. The van der Waals surface area contributed by atoms with Crippen molar-refractivity contribution in [1.29, 1.82) is 0 Å². The monoisotopic (exact) mass is 447 g/mol. The highest BCUT2D eigenvalue weighted by Gasteiger charge is 2.33. The number of nitrogens with zero attached hydrogens (tertiary/aromatic N) is 2. The third-order valence-electron chi connectivity index (χ3n) is 5.48. The lowest BCUT2D eigenvalue weighted by atomic mass is 10.1. The van der Waals surface area contributed by atoms with Crippen LogP contribution in [0.4, 0.5) is 5.82 Å². The number of nitrogens with one attached hydrogen (secondary N) is 1. The molecule has 0 saturated heterocycles. The van der Waals surface area contributed by atoms with Gasteiger partial charge < -0.3 is 10.1 Å². The standard InChI is InChI=1S/C24H21N3O4S/c1-16-6-2-5-9-22(16)27-24(20-14-32(29,30)15-21(20)26-27)25-23(28)13-31-19-11-10-17-7-3-4-8-18(17)12-19/h2-12H,13-15H2,1H3,(H,25,28). The lowest BCUT2D eigenvalue weighted by molar-refractivity contribution is -0.118. The molecule has 7 nitrogen and oxygen atoms in total. The van der Waals surface area contributed by atoms with E-state index in [9.17, 15) is 13.2 Å². The van der Waals surface area contributed by atoms with Crippen molar-refractivity contribution in [2.45, 2.75) is 18.4 Å². The summed E-state index contributed by atoms with van der Waals surface area (Å²) in [4.78, 5) is 12.8. The number of aromatic nitrogens is 2. The van der Waals surface area contributed by atoms with E-state index >= 15 is 0 Å². The van der Waals surface area contributed by atoms with E-state index in [2.05, 4.69) is 10.4 Å². The number of carbonyl (C=O) groups excluding carboxylic acids is 1. The number of ether oxygens (including phenoxy) is 1. The molecule has 8 heteroatoms. The van der Waals surface area contributed by atoms with Crippen molar-refractivity contribution in [2.75, 3.05) is 11.9 Å². The molecule has 0 bridgehead atoms. The predicted molar refractivity (Wildman–Crippen MR) is 123 cm³/mol. The van der Waals surface area contributed by atoms with Crippen LogP contribution in [0.1, 0.15) is 16.8 Å². The van der Waals surface area contributed by atoms with Crippen molar-refractivity contribution < 1.29 is 17.9 Å². The van der Waals surface area contributed by atoms with Crippen molar-refractivity contribution in [3.8, 4) is 11.4 Å². The number of anilines is 1. The minimum absolute atomic E-state index is 0.127. The fraction of sp³-hybridized carbons (Fsp3) is 0.167. The second-order valence-electron chi connectivity index (χ2n) is 7.85. The Morgan fingerprint density at radius 2 is 1.78 bits per heavy atom. The first-order chi connectivity index (χ1) is 15.4. The zero-order valence-electron chi connectivity index (χ0n) is 17.4. The highest BCUT2D eigenvalue weighted by Crippen LogP contribution is 2.33. The van der Waals surface area contributed by atoms with Gasteiger partial charge in [-0.15, -0.1) is 0 Å². The van der Waals surface area contributed by atoms with Crippen molar-refractivity contribution in [2.24, 2.45) is 0 Å². The van der Waals surface area contributed by atoms with Gasteiger partial charge in [0.25, 0.3) is 5.91 Å². The van der Waals surface area contributed by atoms with Gasteiger partial charge in [0.15, 0.2) is 16.4 Å². The number of hydrogen-bond acceptors (Lipinski definition) is 5. The Morgan fingerprint density at radius 1 is 1.03 bits per heavy atom. The van der Waals surface area contributed by atoms with Crippen molar-refractivity contribution >= 4 is 32.3 Å².